The number of hydrogen-bond acceptors (Lipinski definition) is 3. The molecular weight excluding hydrogens is 282 g/mol. The van der Waals surface area contributed by atoms with Crippen molar-refractivity contribution in [2.75, 3.05) is 5.73 Å². The number of benzene rings is 2. The van der Waals surface area contributed by atoms with Crippen LogP contribution >= 0.6 is 0 Å². The van der Waals surface area contributed by atoms with Crippen LogP contribution in [0.3, 0.4) is 0 Å². The van der Waals surface area contributed by atoms with E-state index in [2.05, 4.69) is 18.0 Å². The van der Waals surface area contributed by atoms with E-state index in [1.165, 1.54) is 0 Å². The molecule has 0 spiro atoms. The van der Waals surface area contributed by atoms with Crippen LogP contribution in [0.15, 0.2) is 60.7 Å². The Morgan fingerprint density at radius 2 is 1.52 bits per heavy atom. The van der Waals surface area contributed by atoms with Gasteiger partial charge < -0.3 is 5.73 Å². The fourth-order valence-corrected chi connectivity index (χ4v) is 2.86. The lowest BCUT2D eigenvalue weighted by atomic mass is 9.90. The molecule has 0 aliphatic carbocycles. The van der Waals surface area contributed by atoms with Gasteiger partial charge in [0.1, 0.15) is 17.5 Å². The summed E-state index contributed by atoms with van der Waals surface area (Å²) >= 11 is 0. The summed E-state index contributed by atoms with van der Waals surface area (Å²) < 4.78 is 0. The van der Waals surface area contributed by atoms with Crippen LogP contribution < -0.4 is 5.73 Å². The molecule has 2 aromatic carbocycles. The Balaban J connectivity index is 2.38. The minimum Gasteiger partial charge on any atom is -0.383 e. The molecule has 2 N–H and O–H groups in total. The van der Waals surface area contributed by atoms with Crippen LogP contribution in [0.1, 0.15) is 18.1 Å². The Hall–Kier alpha value is -3.12. The van der Waals surface area contributed by atoms with Crippen LogP contribution in [0.4, 0.5) is 5.82 Å². The van der Waals surface area contributed by atoms with Gasteiger partial charge >= 0.3 is 0 Å². The van der Waals surface area contributed by atoms with Gasteiger partial charge in [-0.15, -0.1) is 0 Å². The minimum absolute atomic E-state index is 0.280. The summed E-state index contributed by atoms with van der Waals surface area (Å²) in [7, 11) is 0. The van der Waals surface area contributed by atoms with Gasteiger partial charge in [0.15, 0.2) is 0 Å². The van der Waals surface area contributed by atoms with E-state index in [4.69, 9.17) is 5.73 Å². The number of anilines is 1. The summed E-state index contributed by atoms with van der Waals surface area (Å²) in [6, 6.07) is 22.1. The second-order valence-corrected chi connectivity index (χ2v) is 5.27. The molecule has 0 bridgehead atoms. The van der Waals surface area contributed by atoms with Gasteiger partial charge in [-0.2, -0.15) is 5.26 Å². The predicted molar refractivity (Wildman–Crippen MR) is 93.6 cm³/mol. The number of nitrogen functional groups attached to an aromatic ring is 1. The standard InChI is InChI=1S/C20H17N3/c1-2-16-18(14-9-5-3-6-10-14)17(13-21)20(22)23-19(16)15-11-7-4-8-12-15/h3-12H,2H2,1H3,(H2,22,23). The first-order chi connectivity index (χ1) is 11.3. The first-order valence-electron chi connectivity index (χ1n) is 7.59. The van der Waals surface area contributed by atoms with E-state index in [9.17, 15) is 5.26 Å². The molecule has 3 aromatic rings. The van der Waals surface area contributed by atoms with Crippen molar-refractivity contribution in [1.82, 2.24) is 4.98 Å². The van der Waals surface area contributed by atoms with E-state index in [0.29, 0.717) is 5.56 Å². The van der Waals surface area contributed by atoms with Crippen LogP contribution in [-0.2, 0) is 6.42 Å². The smallest absolute Gasteiger partial charge is 0.142 e. The molecule has 1 aromatic heterocycles. The average Bonchev–Trinajstić information content (AvgIpc) is 2.62. The molecule has 0 unspecified atom stereocenters. The van der Waals surface area contributed by atoms with Crippen molar-refractivity contribution in [1.29, 1.82) is 5.26 Å². The van der Waals surface area contributed by atoms with Gasteiger partial charge in [0.05, 0.1) is 5.69 Å². The quantitative estimate of drug-likeness (QED) is 0.778. The SMILES string of the molecule is CCc1c(-c2ccccc2)nc(N)c(C#N)c1-c1ccccc1. The Kier molecular flexibility index (Phi) is 4.07. The van der Waals surface area contributed by atoms with Gasteiger partial charge in [0.25, 0.3) is 0 Å². The molecule has 0 fully saturated rings. The Labute approximate surface area is 136 Å². The van der Waals surface area contributed by atoms with Gasteiger partial charge in [-0.3, -0.25) is 0 Å². The second kappa shape index (κ2) is 6.33. The van der Waals surface area contributed by atoms with Gasteiger partial charge in [0.2, 0.25) is 0 Å². The lowest BCUT2D eigenvalue weighted by Gasteiger charge is -2.16. The highest BCUT2D eigenvalue weighted by Gasteiger charge is 2.19. The van der Waals surface area contributed by atoms with Crippen molar-refractivity contribution >= 4 is 5.82 Å². The highest BCUT2D eigenvalue weighted by molar-refractivity contribution is 5.84. The van der Waals surface area contributed by atoms with Crippen molar-refractivity contribution < 1.29 is 0 Å². The summed E-state index contributed by atoms with van der Waals surface area (Å²) in [6.45, 7) is 2.08. The Morgan fingerprint density at radius 1 is 0.957 bits per heavy atom. The maximum absolute atomic E-state index is 9.57. The second-order valence-electron chi connectivity index (χ2n) is 5.27. The molecule has 0 atom stereocenters. The lowest BCUT2D eigenvalue weighted by molar-refractivity contribution is 1.11. The highest BCUT2D eigenvalue weighted by atomic mass is 14.9. The molecule has 112 valence electrons. The zero-order valence-electron chi connectivity index (χ0n) is 13.0. The lowest BCUT2D eigenvalue weighted by Crippen LogP contribution is -2.05. The molecule has 23 heavy (non-hydrogen) atoms. The first-order valence-corrected chi connectivity index (χ1v) is 7.59. The summed E-state index contributed by atoms with van der Waals surface area (Å²) in [5, 5.41) is 9.57. The Morgan fingerprint density at radius 3 is 2.04 bits per heavy atom. The maximum atomic E-state index is 9.57. The first kappa shape index (κ1) is 14.8. The van der Waals surface area contributed by atoms with Gasteiger partial charge in [-0.05, 0) is 17.5 Å². The van der Waals surface area contributed by atoms with E-state index in [1.54, 1.807) is 0 Å². The number of nitriles is 1. The topological polar surface area (TPSA) is 62.7 Å². The van der Waals surface area contributed by atoms with E-state index in [1.807, 2.05) is 60.7 Å². The number of pyridine rings is 1. The monoisotopic (exact) mass is 299 g/mol. The van der Waals surface area contributed by atoms with Crippen LogP contribution in [0.25, 0.3) is 22.4 Å². The van der Waals surface area contributed by atoms with Crippen molar-refractivity contribution in [2.45, 2.75) is 13.3 Å². The molecule has 3 nitrogen and oxygen atoms in total. The van der Waals surface area contributed by atoms with E-state index in [0.717, 1.165) is 34.4 Å². The number of hydrogen-bond donors (Lipinski definition) is 1. The fraction of sp³-hybridized carbons (Fsp3) is 0.100. The summed E-state index contributed by atoms with van der Waals surface area (Å²) in [5.41, 5.74) is 11.3. The van der Waals surface area contributed by atoms with Gasteiger partial charge in [0, 0.05) is 11.1 Å². The zero-order valence-corrected chi connectivity index (χ0v) is 13.0. The molecule has 0 saturated carbocycles. The summed E-state index contributed by atoms with van der Waals surface area (Å²) in [5.74, 6) is 0.280. The Bertz CT molecular complexity index is 863. The maximum Gasteiger partial charge on any atom is 0.142 e. The van der Waals surface area contributed by atoms with E-state index in [-0.39, 0.29) is 5.82 Å². The van der Waals surface area contributed by atoms with Crippen molar-refractivity contribution in [3.63, 3.8) is 0 Å². The highest BCUT2D eigenvalue weighted by Crippen LogP contribution is 2.36. The number of rotatable bonds is 3. The van der Waals surface area contributed by atoms with Crippen LogP contribution in [-0.4, -0.2) is 4.98 Å². The normalized spacial score (nSPS) is 10.3. The van der Waals surface area contributed by atoms with Crippen LogP contribution in [0, 0.1) is 11.3 Å². The van der Waals surface area contributed by atoms with E-state index < -0.39 is 0 Å². The fourth-order valence-electron chi connectivity index (χ4n) is 2.86. The molecule has 3 heteroatoms. The van der Waals surface area contributed by atoms with Gasteiger partial charge in [-0.1, -0.05) is 67.6 Å². The van der Waals surface area contributed by atoms with Crippen molar-refractivity contribution in [2.24, 2.45) is 0 Å². The number of nitrogens with two attached hydrogens (primary N) is 1. The van der Waals surface area contributed by atoms with E-state index >= 15 is 0 Å². The number of aromatic nitrogens is 1. The largest absolute Gasteiger partial charge is 0.383 e. The third-order valence-electron chi connectivity index (χ3n) is 3.90. The predicted octanol–water partition coefficient (Wildman–Crippen LogP) is 4.43. The molecule has 3 rings (SSSR count). The van der Waals surface area contributed by atoms with Crippen LogP contribution in [0.2, 0.25) is 0 Å². The molecule has 0 radical (unpaired) electrons. The molecule has 0 saturated heterocycles. The van der Waals surface area contributed by atoms with Crippen LogP contribution in [0.5, 0.6) is 0 Å². The molecule has 0 amide bonds. The summed E-state index contributed by atoms with van der Waals surface area (Å²) in [4.78, 5) is 4.53. The average molecular weight is 299 g/mol. The zero-order chi connectivity index (χ0) is 16.2. The molecular formula is C20H17N3. The summed E-state index contributed by atoms with van der Waals surface area (Å²) in [6.07, 6.45) is 0.774. The number of nitrogens with zero attached hydrogens (tertiary/aromatic N) is 2. The molecule has 0 aliphatic rings. The van der Waals surface area contributed by atoms with Crippen molar-refractivity contribution in [3.8, 4) is 28.5 Å². The van der Waals surface area contributed by atoms with Crippen molar-refractivity contribution in [3.05, 3.63) is 71.8 Å². The minimum atomic E-state index is 0.280. The molecule has 1 heterocycles. The van der Waals surface area contributed by atoms with Gasteiger partial charge in [-0.25, -0.2) is 4.98 Å². The third-order valence-corrected chi connectivity index (χ3v) is 3.90. The third kappa shape index (κ3) is 2.67. The molecule has 0 aliphatic heterocycles.